The average Bonchev–Trinajstić information content (AvgIpc) is 3.18. The lowest BCUT2D eigenvalue weighted by Crippen LogP contribution is -2.03. The normalized spacial score (nSPS) is 11.5. The first-order valence-electron chi connectivity index (χ1n) is 10.1. The maximum Gasteiger partial charge on any atom is 0.220 e. The van der Waals surface area contributed by atoms with Crippen molar-refractivity contribution in [2.24, 2.45) is 0 Å². The molecule has 3 aromatic heterocycles. The van der Waals surface area contributed by atoms with Gasteiger partial charge in [-0.2, -0.15) is 0 Å². The summed E-state index contributed by atoms with van der Waals surface area (Å²) in [6.07, 6.45) is 0.634. The predicted molar refractivity (Wildman–Crippen MR) is 124 cm³/mol. The van der Waals surface area contributed by atoms with Crippen molar-refractivity contribution in [2.45, 2.75) is 6.42 Å². The first kappa shape index (κ1) is 17.6. The lowest BCUT2D eigenvalue weighted by Gasteiger charge is -2.09. The van der Waals surface area contributed by atoms with Gasteiger partial charge in [-0.05, 0) is 29.8 Å². The zero-order chi connectivity index (χ0) is 20.8. The monoisotopic (exact) mass is 402 g/mol. The highest BCUT2D eigenvalue weighted by molar-refractivity contribution is 6.09. The highest BCUT2D eigenvalue weighted by Gasteiger charge is 2.15. The van der Waals surface area contributed by atoms with Gasteiger partial charge in [0.15, 0.2) is 0 Å². The number of rotatable bonds is 3. The molecule has 5 nitrogen and oxygen atoms in total. The van der Waals surface area contributed by atoms with E-state index in [0.29, 0.717) is 6.42 Å². The molecule has 0 atom stereocenters. The number of benzene rings is 3. The van der Waals surface area contributed by atoms with E-state index in [2.05, 4.69) is 34.2 Å². The summed E-state index contributed by atoms with van der Waals surface area (Å²) in [5.41, 5.74) is 12.9. The van der Waals surface area contributed by atoms with Crippen LogP contribution in [0.15, 0.2) is 89.3 Å². The van der Waals surface area contributed by atoms with Crippen molar-refractivity contribution in [3.63, 3.8) is 0 Å². The molecule has 0 saturated carbocycles. The molecule has 0 amide bonds. The maximum absolute atomic E-state index is 6.20. The maximum atomic E-state index is 6.20. The van der Waals surface area contributed by atoms with Crippen LogP contribution >= 0.6 is 0 Å². The molecule has 2 N–H and O–H groups in total. The average molecular weight is 402 g/mol. The Hall–Kier alpha value is -4.25. The van der Waals surface area contributed by atoms with E-state index in [9.17, 15) is 0 Å². The second-order valence-electron chi connectivity index (χ2n) is 7.54. The van der Waals surface area contributed by atoms with Gasteiger partial charge in [0, 0.05) is 22.8 Å². The smallest absolute Gasteiger partial charge is 0.220 e. The number of hydrogen-bond acceptors (Lipinski definition) is 5. The molecule has 3 aromatic carbocycles. The molecule has 0 saturated heterocycles. The molecule has 31 heavy (non-hydrogen) atoms. The van der Waals surface area contributed by atoms with Gasteiger partial charge in [-0.15, -0.1) is 0 Å². The van der Waals surface area contributed by atoms with Gasteiger partial charge in [0.25, 0.3) is 0 Å². The number of nitrogen functional groups attached to an aromatic ring is 1. The van der Waals surface area contributed by atoms with Crippen LogP contribution in [0, 0.1) is 0 Å². The fourth-order valence-corrected chi connectivity index (χ4v) is 4.11. The molecule has 148 valence electrons. The zero-order valence-electron chi connectivity index (χ0n) is 16.6. The number of fused-ring (bicyclic) bond motifs is 4. The minimum absolute atomic E-state index is 0.257. The van der Waals surface area contributed by atoms with E-state index in [1.807, 2.05) is 60.7 Å². The van der Waals surface area contributed by atoms with E-state index in [-0.39, 0.29) is 5.95 Å². The molecular weight excluding hydrogens is 384 g/mol. The van der Waals surface area contributed by atoms with Crippen molar-refractivity contribution in [1.29, 1.82) is 0 Å². The summed E-state index contributed by atoms with van der Waals surface area (Å²) >= 11 is 0. The predicted octanol–water partition coefficient (Wildman–Crippen LogP) is 5.76. The quantitative estimate of drug-likeness (QED) is 0.407. The Morgan fingerprint density at radius 2 is 1.52 bits per heavy atom. The van der Waals surface area contributed by atoms with Crippen LogP contribution in [0.1, 0.15) is 11.3 Å². The summed E-state index contributed by atoms with van der Waals surface area (Å²) in [5, 5.41) is 2.18. The van der Waals surface area contributed by atoms with Crippen molar-refractivity contribution in [2.75, 3.05) is 5.73 Å². The summed E-state index contributed by atoms with van der Waals surface area (Å²) < 4.78 is 6.20. The number of furan rings is 1. The van der Waals surface area contributed by atoms with Gasteiger partial charge in [-0.3, -0.25) is 0 Å². The molecule has 0 aliphatic carbocycles. The van der Waals surface area contributed by atoms with Crippen LogP contribution in [0.5, 0.6) is 0 Å². The Balaban J connectivity index is 1.56. The van der Waals surface area contributed by atoms with Gasteiger partial charge in [-0.1, -0.05) is 60.7 Å². The number of aromatic nitrogens is 3. The molecule has 6 aromatic rings. The van der Waals surface area contributed by atoms with Crippen molar-refractivity contribution in [3.05, 3.63) is 96.2 Å². The van der Waals surface area contributed by atoms with E-state index in [1.54, 1.807) is 0 Å². The Morgan fingerprint density at radius 3 is 2.42 bits per heavy atom. The van der Waals surface area contributed by atoms with E-state index >= 15 is 0 Å². The van der Waals surface area contributed by atoms with E-state index in [4.69, 9.17) is 15.1 Å². The summed E-state index contributed by atoms with van der Waals surface area (Å²) in [7, 11) is 0. The summed E-state index contributed by atoms with van der Waals surface area (Å²) in [6.45, 7) is 0. The highest BCUT2D eigenvalue weighted by atomic mass is 16.3. The molecular formula is C26H18N4O. The third kappa shape index (κ3) is 2.99. The Bertz CT molecular complexity index is 1570. The fourth-order valence-electron chi connectivity index (χ4n) is 4.11. The topological polar surface area (TPSA) is 77.8 Å². The number of anilines is 1. The van der Waals surface area contributed by atoms with Crippen molar-refractivity contribution in [1.82, 2.24) is 15.0 Å². The van der Waals surface area contributed by atoms with Crippen LogP contribution in [0.2, 0.25) is 0 Å². The number of nitrogens with zero attached hydrogens (tertiary/aromatic N) is 3. The second kappa shape index (κ2) is 6.92. The van der Waals surface area contributed by atoms with Crippen LogP contribution in [0.25, 0.3) is 44.2 Å². The minimum Gasteiger partial charge on any atom is -0.455 e. The van der Waals surface area contributed by atoms with Crippen LogP contribution in [0.3, 0.4) is 0 Å². The zero-order valence-corrected chi connectivity index (χ0v) is 16.6. The molecule has 0 aliphatic rings. The van der Waals surface area contributed by atoms with Gasteiger partial charge >= 0.3 is 0 Å². The molecule has 0 aliphatic heterocycles. The van der Waals surface area contributed by atoms with E-state index in [0.717, 1.165) is 55.5 Å². The van der Waals surface area contributed by atoms with E-state index < -0.39 is 0 Å². The lowest BCUT2D eigenvalue weighted by molar-refractivity contribution is 0.670. The first-order valence-corrected chi connectivity index (χ1v) is 10.1. The molecule has 5 heteroatoms. The molecule has 0 bridgehead atoms. The largest absolute Gasteiger partial charge is 0.455 e. The van der Waals surface area contributed by atoms with Gasteiger partial charge in [0.05, 0.1) is 16.9 Å². The van der Waals surface area contributed by atoms with Gasteiger partial charge in [0.1, 0.15) is 16.7 Å². The standard InChI is InChI=1S/C26H18N4O/c27-26-29-21-14-13-20(28-24(21)22(30-26)15-16-7-2-1-3-8-16)19-11-6-10-18-17-9-4-5-12-23(17)31-25(18)19/h1-14H,15H2,(H2,27,29,30). The van der Waals surface area contributed by atoms with Gasteiger partial charge in [0.2, 0.25) is 5.95 Å². The van der Waals surface area contributed by atoms with Crippen LogP contribution < -0.4 is 5.73 Å². The molecule has 0 radical (unpaired) electrons. The summed E-state index contributed by atoms with van der Waals surface area (Å²) in [4.78, 5) is 13.9. The van der Waals surface area contributed by atoms with Gasteiger partial charge < -0.3 is 10.2 Å². The lowest BCUT2D eigenvalue weighted by atomic mass is 10.0. The molecule has 3 heterocycles. The van der Waals surface area contributed by atoms with Crippen LogP contribution in [-0.2, 0) is 6.42 Å². The molecule has 6 rings (SSSR count). The number of para-hydroxylation sites is 2. The Morgan fingerprint density at radius 1 is 0.710 bits per heavy atom. The van der Waals surface area contributed by atoms with Crippen molar-refractivity contribution in [3.8, 4) is 11.3 Å². The minimum atomic E-state index is 0.257. The third-order valence-corrected chi connectivity index (χ3v) is 5.53. The highest BCUT2D eigenvalue weighted by Crippen LogP contribution is 2.35. The van der Waals surface area contributed by atoms with E-state index in [1.165, 1.54) is 0 Å². The van der Waals surface area contributed by atoms with Crippen LogP contribution in [0.4, 0.5) is 5.95 Å². The second-order valence-corrected chi connectivity index (χ2v) is 7.54. The summed E-state index contributed by atoms with van der Waals surface area (Å²) in [6, 6.07) is 28.3. The number of nitrogens with two attached hydrogens (primary N) is 1. The Labute approximate surface area is 178 Å². The molecule has 0 fully saturated rings. The van der Waals surface area contributed by atoms with Crippen molar-refractivity contribution >= 4 is 38.9 Å². The fraction of sp³-hybridized carbons (Fsp3) is 0.0385. The SMILES string of the molecule is Nc1nc(Cc2ccccc2)c2nc(-c3cccc4c3oc3ccccc34)ccc2n1. The Kier molecular flexibility index (Phi) is 3.93. The van der Waals surface area contributed by atoms with Crippen molar-refractivity contribution < 1.29 is 4.42 Å². The first-order chi connectivity index (χ1) is 15.3. The number of hydrogen-bond donors (Lipinski definition) is 1. The van der Waals surface area contributed by atoms with Crippen LogP contribution in [-0.4, -0.2) is 15.0 Å². The van der Waals surface area contributed by atoms with Gasteiger partial charge in [-0.25, -0.2) is 15.0 Å². The molecule has 0 spiro atoms. The summed E-state index contributed by atoms with van der Waals surface area (Å²) in [5.74, 6) is 0.257. The third-order valence-electron chi connectivity index (χ3n) is 5.53. The number of pyridine rings is 1. The molecule has 0 unspecified atom stereocenters.